The lowest BCUT2D eigenvalue weighted by molar-refractivity contribution is -0.143. The van der Waals surface area contributed by atoms with Crippen molar-refractivity contribution >= 4 is 38.8 Å². The zero-order valence-electron chi connectivity index (χ0n) is 12.7. The standard InChI is InChI=1S/C15H18N2O4S2/c1-2-21-14(18)8-16-12-9-23(19,20)10-13(12)17(15(16)22)11-6-4-3-5-7-11/h3-7,12-13H,2,8-10H2,1H3. The number of rotatable bonds is 4. The Labute approximate surface area is 140 Å². The fourth-order valence-electron chi connectivity index (χ4n) is 3.20. The van der Waals surface area contributed by atoms with E-state index in [1.807, 2.05) is 35.2 Å². The van der Waals surface area contributed by atoms with Crippen molar-refractivity contribution in [2.45, 2.75) is 19.0 Å². The van der Waals surface area contributed by atoms with Gasteiger partial charge in [0, 0.05) is 5.69 Å². The van der Waals surface area contributed by atoms with Crippen molar-refractivity contribution in [3.8, 4) is 0 Å². The predicted molar refractivity (Wildman–Crippen MR) is 91.1 cm³/mol. The Morgan fingerprint density at radius 3 is 2.57 bits per heavy atom. The molecule has 2 atom stereocenters. The van der Waals surface area contributed by atoms with Crippen LogP contribution in [0.1, 0.15) is 6.92 Å². The van der Waals surface area contributed by atoms with E-state index in [0.29, 0.717) is 5.11 Å². The maximum atomic E-state index is 12.1. The number of hydrogen-bond acceptors (Lipinski definition) is 5. The minimum absolute atomic E-state index is 0.0144. The van der Waals surface area contributed by atoms with Crippen LogP contribution in [0.2, 0.25) is 0 Å². The van der Waals surface area contributed by atoms with Crippen LogP contribution in [-0.2, 0) is 19.4 Å². The molecule has 0 radical (unpaired) electrons. The average Bonchev–Trinajstić information content (AvgIpc) is 2.92. The number of thiocarbonyl (C=S) groups is 1. The lowest BCUT2D eigenvalue weighted by Gasteiger charge is -2.25. The summed E-state index contributed by atoms with van der Waals surface area (Å²) >= 11 is 5.53. The Morgan fingerprint density at radius 1 is 1.26 bits per heavy atom. The number of benzene rings is 1. The molecule has 0 aromatic heterocycles. The van der Waals surface area contributed by atoms with Crippen LogP contribution in [0, 0.1) is 0 Å². The second-order valence-corrected chi connectivity index (χ2v) is 8.15. The van der Waals surface area contributed by atoms with E-state index < -0.39 is 15.8 Å². The summed E-state index contributed by atoms with van der Waals surface area (Å²) in [5.41, 5.74) is 0.843. The second kappa shape index (κ2) is 6.09. The number of ether oxygens (including phenoxy) is 1. The van der Waals surface area contributed by atoms with Gasteiger partial charge >= 0.3 is 5.97 Å². The van der Waals surface area contributed by atoms with Crippen LogP contribution < -0.4 is 4.90 Å². The molecular weight excluding hydrogens is 336 g/mol. The smallest absolute Gasteiger partial charge is 0.325 e. The molecule has 3 rings (SSSR count). The minimum Gasteiger partial charge on any atom is -0.465 e. The summed E-state index contributed by atoms with van der Waals surface area (Å²) in [6.07, 6.45) is 0. The normalized spacial score (nSPS) is 25.5. The fraction of sp³-hybridized carbons (Fsp3) is 0.467. The predicted octanol–water partition coefficient (Wildman–Crippen LogP) is 0.822. The van der Waals surface area contributed by atoms with E-state index in [0.717, 1.165) is 5.69 Å². The van der Waals surface area contributed by atoms with Gasteiger partial charge in [0.05, 0.1) is 30.2 Å². The van der Waals surface area contributed by atoms with Gasteiger partial charge in [0.15, 0.2) is 14.9 Å². The van der Waals surface area contributed by atoms with Gasteiger partial charge in [0.2, 0.25) is 0 Å². The van der Waals surface area contributed by atoms with Crippen LogP contribution in [0.3, 0.4) is 0 Å². The maximum Gasteiger partial charge on any atom is 0.325 e. The zero-order chi connectivity index (χ0) is 16.6. The van der Waals surface area contributed by atoms with Crippen LogP contribution in [0.5, 0.6) is 0 Å². The number of carbonyl (C=O) groups excluding carboxylic acids is 1. The highest BCUT2D eigenvalue weighted by atomic mass is 32.2. The van der Waals surface area contributed by atoms with Gasteiger partial charge in [-0.1, -0.05) is 18.2 Å². The number of anilines is 1. The number of fused-ring (bicyclic) bond motifs is 1. The Balaban J connectivity index is 1.93. The third-order valence-electron chi connectivity index (χ3n) is 4.12. The van der Waals surface area contributed by atoms with E-state index in [-0.39, 0.29) is 36.7 Å². The number of sulfone groups is 1. The molecule has 2 aliphatic heterocycles. The molecule has 0 amide bonds. The highest BCUT2D eigenvalue weighted by molar-refractivity contribution is 7.91. The molecule has 2 aliphatic rings. The van der Waals surface area contributed by atoms with Crippen LogP contribution in [0.25, 0.3) is 0 Å². The monoisotopic (exact) mass is 354 g/mol. The first kappa shape index (κ1) is 16.2. The van der Waals surface area contributed by atoms with Crippen LogP contribution >= 0.6 is 12.2 Å². The van der Waals surface area contributed by atoms with Gasteiger partial charge in [-0.2, -0.15) is 0 Å². The molecule has 2 unspecified atom stereocenters. The van der Waals surface area contributed by atoms with E-state index in [1.54, 1.807) is 11.8 Å². The van der Waals surface area contributed by atoms with E-state index >= 15 is 0 Å². The van der Waals surface area contributed by atoms with E-state index in [1.165, 1.54) is 0 Å². The van der Waals surface area contributed by atoms with Gasteiger partial charge in [-0.25, -0.2) is 8.42 Å². The van der Waals surface area contributed by atoms with Crippen molar-refractivity contribution in [1.29, 1.82) is 0 Å². The Morgan fingerprint density at radius 2 is 1.91 bits per heavy atom. The molecule has 2 heterocycles. The first-order valence-corrected chi connectivity index (χ1v) is 9.67. The molecule has 0 bridgehead atoms. The van der Waals surface area contributed by atoms with Gasteiger partial charge in [-0.3, -0.25) is 4.79 Å². The largest absolute Gasteiger partial charge is 0.465 e. The maximum absolute atomic E-state index is 12.1. The first-order chi connectivity index (χ1) is 10.9. The number of para-hydroxylation sites is 1. The summed E-state index contributed by atoms with van der Waals surface area (Å²) in [4.78, 5) is 15.4. The highest BCUT2D eigenvalue weighted by Gasteiger charge is 2.52. The number of hydrogen-bond donors (Lipinski definition) is 0. The van der Waals surface area contributed by atoms with Crippen molar-refractivity contribution in [3.05, 3.63) is 30.3 Å². The molecule has 1 aromatic rings. The zero-order valence-corrected chi connectivity index (χ0v) is 14.3. The number of esters is 1. The van der Waals surface area contributed by atoms with Gasteiger partial charge < -0.3 is 14.5 Å². The summed E-state index contributed by atoms with van der Waals surface area (Å²) < 4.78 is 29.1. The van der Waals surface area contributed by atoms with Crippen molar-refractivity contribution in [1.82, 2.24) is 4.90 Å². The molecule has 0 spiro atoms. The average molecular weight is 354 g/mol. The summed E-state index contributed by atoms with van der Waals surface area (Å²) in [5, 5.41) is 0.481. The molecule has 0 saturated carbocycles. The quantitative estimate of drug-likeness (QED) is 0.586. The molecule has 0 aliphatic carbocycles. The third-order valence-corrected chi connectivity index (χ3v) is 6.25. The molecule has 6 nitrogen and oxygen atoms in total. The Kier molecular flexibility index (Phi) is 4.29. The summed E-state index contributed by atoms with van der Waals surface area (Å²) in [6, 6.07) is 8.86. The second-order valence-electron chi connectivity index (χ2n) is 5.63. The summed E-state index contributed by atoms with van der Waals surface area (Å²) in [7, 11) is -3.15. The molecule has 124 valence electrons. The fourth-order valence-corrected chi connectivity index (χ4v) is 5.59. The molecular formula is C15H18N2O4S2. The number of carbonyl (C=O) groups is 1. The van der Waals surface area contributed by atoms with Crippen LogP contribution in [0.4, 0.5) is 5.69 Å². The van der Waals surface area contributed by atoms with E-state index in [9.17, 15) is 13.2 Å². The Bertz CT molecular complexity index is 720. The minimum atomic E-state index is -3.15. The van der Waals surface area contributed by atoms with E-state index in [2.05, 4.69) is 0 Å². The van der Waals surface area contributed by atoms with Gasteiger partial charge in [-0.15, -0.1) is 0 Å². The first-order valence-electron chi connectivity index (χ1n) is 7.44. The molecule has 1 aromatic carbocycles. The third kappa shape index (κ3) is 3.05. The molecule has 0 N–H and O–H groups in total. The summed E-state index contributed by atoms with van der Waals surface area (Å²) in [5.74, 6) is -0.333. The molecule has 23 heavy (non-hydrogen) atoms. The molecule has 2 fully saturated rings. The van der Waals surface area contributed by atoms with Gasteiger partial charge in [-0.05, 0) is 31.3 Å². The lowest BCUT2D eigenvalue weighted by Crippen LogP contribution is -2.41. The highest BCUT2D eigenvalue weighted by Crippen LogP contribution is 2.34. The molecule has 2 saturated heterocycles. The Hall–Kier alpha value is -1.67. The SMILES string of the molecule is CCOC(=O)CN1C(=S)N(c2ccccc2)C2CS(=O)(=O)CC21. The van der Waals surface area contributed by atoms with Crippen LogP contribution in [-0.4, -0.2) is 61.1 Å². The van der Waals surface area contributed by atoms with Crippen molar-refractivity contribution in [2.24, 2.45) is 0 Å². The van der Waals surface area contributed by atoms with Gasteiger partial charge in [0.25, 0.3) is 0 Å². The topological polar surface area (TPSA) is 66.9 Å². The van der Waals surface area contributed by atoms with Crippen molar-refractivity contribution < 1.29 is 17.9 Å². The van der Waals surface area contributed by atoms with Gasteiger partial charge in [0.1, 0.15) is 6.54 Å². The summed E-state index contributed by atoms with van der Waals surface area (Å²) in [6.45, 7) is 2.00. The van der Waals surface area contributed by atoms with E-state index in [4.69, 9.17) is 17.0 Å². The van der Waals surface area contributed by atoms with Crippen molar-refractivity contribution in [2.75, 3.05) is 29.6 Å². The number of nitrogens with zero attached hydrogens (tertiary/aromatic N) is 2. The van der Waals surface area contributed by atoms with Crippen molar-refractivity contribution in [3.63, 3.8) is 0 Å². The van der Waals surface area contributed by atoms with Crippen LogP contribution in [0.15, 0.2) is 30.3 Å². The molecule has 8 heteroatoms. The lowest BCUT2D eigenvalue weighted by atomic mass is 10.1.